The number of Topliss-reactive ketones (excluding diaryl/α,β-unsaturated/α-hetero) is 2. The van der Waals surface area contributed by atoms with Crippen molar-refractivity contribution in [3.63, 3.8) is 0 Å². The van der Waals surface area contributed by atoms with Gasteiger partial charge in [-0.1, -0.05) is 41.5 Å². The minimum atomic E-state index is -1.15. The molecule has 0 aromatic heterocycles. The Hall–Kier alpha value is -2.74. The van der Waals surface area contributed by atoms with Gasteiger partial charge in [-0.3, -0.25) is 19.2 Å². The molecule has 1 amide bonds. The Labute approximate surface area is 184 Å². The number of hydrogen-bond donors (Lipinski definition) is 3. The van der Waals surface area contributed by atoms with E-state index in [2.05, 4.69) is 10.6 Å². The number of amides is 1. The zero-order valence-corrected chi connectivity index (χ0v) is 19.4. The molecule has 0 spiro atoms. The van der Waals surface area contributed by atoms with Crippen LogP contribution in [0.5, 0.6) is 0 Å². The van der Waals surface area contributed by atoms with Gasteiger partial charge in [0.25, 0.3) is 5.91 Å². The minimum absolute atomic E-state index is 0.0105. The van der Waals surface area contributed by atoms with Crippen LogP contribution in [0.4, 0.5) is 5.69 Å². The van der Waals surface area contributed by atoms with Crippen LogP contribution in [0, 0.1) is 11.8 Å². The van der Waals surface area contributed by atoms with Gasteiger partial charge in [0, 0.05) is 41.6 Å². The van der Waals surface area contributed by atoms with E-state index in [9.17, 15) is 19.2 Å². The summed E-state index contributed by atoms with van der Waals surface area (Å²) < 4.78 is 5.44. The van der Waals surface area contributed by atoms with Gasteiger partial charge in [0.2, 0.25) is 0 Å². The SMILES string of the molecule is CC.CC(C)C(=O)CCOCCNc1cc(C(=O)NCC(=O)O)cc(C(=O)C(C)C)c1. The van der Waals surface area contributed by atoms with Gasteiger partial charge in [0.1, 0.15) is 12.3 Å². The second kappa shape index (κ2) is 15.1. The van der Waals surface area contributed by atoms with Crippen LogP contribution in [0.1, 0.15) is 68.7 Å². The van der Waals surface area contributed by atoms with Crippen LogP contribution >= 0.6 is 0 Å². The molecule has 1 rings (SSSR count). The highest BCUT2D eigenvalue weighted by Gasteiger charge is 2.16. The molecule has 174 valence electrons. The van der Waals surface area contributed by atoms with Crippen molar-refractivity contribution in [2.75, 3.05) is 31.6 Å². The summed E-state index contributed by atoms with van der Waals surface area (Å²) in [6.45, 7) is 11.8. The van der Waals surface area contributed by atoms with E-state index in [0.29, 0.717) is 37.4 Å². The van der Waals surface area contributed by atoms with Gasteiger partial charge >= 0.3 is 5.97 Å². The van der Waals surface area contributed by atoms with Crippen LogP contribution in [0.3, 0.4) is 0 Å². The number of hydrogen-bond acceptors (Lipinski definition) is 6. The van der Waals surface area contributed by atoms with Gasteiger partial charge in [0.05, 0.1) is 13.2 Å². The maximum Gasteiger partial charge on any atom is 0.322 e. The van der Waals surface area contributed by atoms with Gasteiger partial charge < -0.3 is 20.5 Å². The Morgan fingerprint density at radius 1 is 0.935 bits per heavy atom. The third kappa shape index (κ3) is 11.3. The third-order valence-electron chi connectivity index (χ3n) is 4.12. The topological polar surface area (TPSA) is 122 Å². The van der Waals surface area contributed by atoms with Crippen LogP contribution in [0.25, 0.3) is 0 Å². The highest BCUT2D eigenvalue weighted by atomic mass is 16.5. The lowest BCUT2D eigenvalue weighted by Crippen LogP contribution is -2.29. The molecule has 31 heavy (non-hydrogen) atoms. The van der Waals surface area contributed by atoms with Crippen molar-refractivity contribution in [1.29, 1.82) is 0 Å². The second-order valence-corrected chi connectivity index (χ2v) is 7.30. The van der Waals surface area contributed by atoms with Crippen molar-refractivity contribution < 1.29 is 29.0 Å². The summed E-state index contributed by atoms with van der Waals surface area (Å²) in [7, 11) is 0. The van der Waals surface area contributed by atoms with Crippen molar-refractivity contribution in [2.24, 2.45) is 11.8 Å². The molecule has 0 aliphatic carbocycles. The summed E-state index contributed by atoms with van der Waals surface area (Å²) >= 11 is 0. The fraction of sp³-hybridized carbons (Fsp3) is 0.565. The van der Waals surface area contributed by atoms with Crippen molar-refractivity contribution in [2.45, 2.75) is 48.0 Å². The zero-order valence-electron chi connectivity index (χ0n) is 19.4. The largest absolute Gasteiger partial charge is 0.480 e. The van der Waals surface area contributed by atoms with Crippen LogP contribution < -0.4 is 10.6 Å². The number of carboxylic acid groups (broad SMARTS) is 1. The number of carbonyl (C=O) groups is 4. The van der Waals surface area contributed by atoms with Gasteiger partial charge in [-0.2, -0.15) is 0 Å². The minimum Gasteiger partial charge on any atom is -0.480 e. The molecule has 1 aromatic carbocycles. The number of anilines is 1. The number of ether oxygens (including phenoxy) is 1. The van der Waals surface area contributed by atoms with E-state index in [-0.39, 0.29) is 29.0 Å². The first-order chi connectivity index (χ1) is 14.6. The number of nitrogens with one attached hydrogen (secondary N) is 2. The molecule has 0 saturated carbocycles. The van der Waals surface area contributed by atoms with Crippen LogP contribution in [-0.2, 0) is 14.3 Å². The first kappa shape index (κ1) is 28.3. The Bertz CT molecular complexity index is 744. The summed E-state index contributed by atoms with van der Waals surface area (Å²) in [4.78, 5) is 46.8. The third-order valence-corrected chi connectivity index (χ3v) is 4.12. The van der Waals surface area contributed by atoms with Crippen molar-refractivity contribution in [1.82, 2.24) is 5.32 Å². The fourth-order valence-electron chi connectivity index (χ4n) is 2.43. The number of carboxylic acids is 1. The Morgan fingerprint density at radius 2 is 1.55 bits per heavy atom. The van der Waals surface area contributed by atoms with E-state index in [0.717, 1.165) is 0 Å². The summed E-state index contributed by atoms with van der Waals surface area (Å²) in [5, 5.41) is 14.1. The van der Waals surface area contributed by atoms with E-state index >= 15 is 0 Å². The molecule has 0 fully saturated rings. The highest BCUT2D eigenvalue weighted by Crippen LogP contribution is 2.18. The quantitative estimate of drug-likeness (QED) is 0.320. The summed E-state index contributed by atoms with van der Waals surface area (Å²) in [6.07, 6.45) is 0.365. The lowest BCUT2D eigenvalue weighted by Gasteiger charge is -2.13. The Kier molecular flexibility index (Phi) is 13.8. The second-order valence-electron chi connectivity index (χ2n) is 7.30. The van der Waals surface area contributed by atoms with Crippen LogP contribution in [-0.4, -0.2) is 54.9 Å². The summed E-state index contributed by atoms with van der Waals surface area (Å²) in [5.74, 6) is -1.96. The predicted octanol–water partition coefficient (Wildman–Crippen LogP) is 3.41. The molecule has 0 radical (unpaired) electrons. The molecule has 0 heterocycles. The van der Waals surface area contributed by atoms with E-state index < -0.39 is 18.4 Å². The fourth-order valence-corrected chi connectivity index (χ4v) is 2.43. The zero-order chi connectivity index (χ0) is 24.0. The van der Waals surface area contributed by atoms with Gasteiger partial charge in [-0.05, 0) is 18.2 Å². The molecular formula is C23H36N2O6. The molecular weight excluding hydrogens is 400 g/mol. The van der Waals surface area contributed by atoms with Gasteiger partial charge in [0.15, 0.2) is 5.78 Å². The summed E-state index contributed by atoms with van der Waals surface area (Å²) in [5.41, 5.74) is 1.12. The van der Waals surface area contributed by atoms with Gasteiger partial charge in [-0.15, -0.1) is 0 Å². The molecule has 8 heteroatoms. The van der Waals surface area contributed by atoms with Gasteiger partial charge in [-0.25, -0.2) is 0 Å². The van der Waals surface area contributed by atoms with Crippen LogP contribution in [0.15, 0.2) is 18.2 Å². The van der Waals surface area contributed by atoms with Crippen molar-refractivity contribution >= 4 is 29.1 Å². The van der Waals surface area contributed by atoms with E-state index in [1.165, 1.54) is 6.07 Å². The normalized spacial score (nSPS) is 10.3. The molecule has 0 unspecified atom stereocenters. The number of benzene rings is 1. The smallest absolute Gasteiger partial charge is 0.322 e. The monoisotopic (exact) mass is 436 g/mol. The summed E-state index contributed by atoms with van der Waals surface area (Å²) in [6, 6.07) is 4.66. The van der Waals surface area contributed by atoms with E-state index in [1.807, 2.05) is 27.7 Å². The first-order valence-electron chi connectivity index (χ1n) is 10.7. The van der Waals surface area contributed by atoms with Crippen LogP contribution in [0.2, 0.25) is 0 Å². The molecule has 0 aliphatic heterocycles. The molecule has 0 aliphatic rings. The standard InChI is InChI=1S/C21H30N2O6.C2H6/c1-13(2)18(24)5-7-29-8-6-22-17-10-15(20(27)14(3)4)9-16(11-17)21(28)23-12-19(25)26;1-2/h9-11,13-14,22H,5-8,12H2,1-4H3,(H,23,28)(H,25,26);1-2H3. The maximum atomic E-state index is 12.4. The maximum absolute atomic E-state index is 12.4. The first-order valence-corrected chi connectivity index (χ1v) is 10.7. The molecule has 0 saturated heterocycles. The Morgan fingerprint density at radius 3 is 2.10 bits per heavy atom. The molecule has 8 nitrogen and oxygen atoms in total. The molecule has 3 N–H and O–H groups in total. The average molecular weight is 437 g/mol. The molecule has 0 atom stereocenters. The van der Waals surface area contributed by atoms with Crippen molar-refractivity contribution in [3.8, 4) is 0 Å². The lowest BCUT2D eigenvalue weighted by atomic mass is 9.98. The average Bonchev–Trinajstić information content (AvgIpc) is 2.74. The number of rotatable bonds is 13. The molecule has 1 aromatic rings. The van der Waals surface area contributed by atoms with E-state index in [1.54, 1.807) is 26.0 Å². The predicted molar refractivity (Wildman–Crippen MR) is 121 cm³/mol. The number of aliphatic carboxylic acids is 1. The van der Waals surface area contributed by atoms with Crippen molar-refractivity contribution in [3.05, 3.63) is 29.3 Å². The van der Waals surface area contributed by atoms with E-state index in [4.69, 9.17) is 9.84 Å². The highest BCUT2D eigenvalue weighted by molar-refractivity contribution is 6.03. The Balaban J connectivity index is 0.00000436. The molecule has 0 bridgehead atoms. The lowest BCUT2D eigenvalue weighted by molar-refractivity contribution is -0.135. The number of carbonyl (C=O) groups excluding carboxylic acids is 3. The number of ketones is 2.